The summed E-state index contributed by atoms with van der Waals surface area (Å²) in [5, 5.41) is 5.93. The largest absolute Gasteiger partial charge is 0.309 e. The third-order valence-corrected chi connectivity index (χ3v) is 15.0. The van der Waals surface area contributed by atoms with E-state index >= 15 is 0 Å². The lowest BCUT2D eigenvalue weighted by Crippen LogP contribution is -2.27. The molecule has 0 radical (unpaired) electrons. The van der Waals surface area contributed by atoms with E-state index in [2.05, 4.69) is 144 Å². The minimum atomic E-state index is 0.174. The van der Waals surface area contributed by atoms with Crippen molar-refractivity contribution in [3.63, 3.8) is 0 Å². The molecule has 2 atom stereocenters. The van der Waals surface area contributed by atoms with Crippen LogP contribution >= 0.6 is 23.1 Å². The maximum Gasteiger partial charge on any atom is 0.0541 e. The summed E-state index contributed by atoms with van der Waals surface area (Å²) in [7, 11) is 0. The van der Waals surface area contributed by atoms with E-state index in [-0.39, 0.29) is 5.41 Å². The molecule has 8 aromatic rings. The molecule has 0 amide bonds. The predicted molar refractivity (Wildman–Crippen MR) is 219 cm³/mol. The van der Waals surface area contributed by atoms with Gasteiger partial charge in [0.15, 0.2) is 0 Å². The first-order valence-corrected chi connectivity index (χ1v) is 20.2. The number of hydrogen-bond acceptors (Lipinski definition) is 2. The second-order valence-corrected chi connectivity index (χ2v) is 17.4. The van der Waals surface area contributed by atoms with E-state index < -0.39 is 0 Å². The molecule has 51 heavy (non-hydrogen) atoms. The smallest absolute Gasteiger partial charge is 0.0541 e. The summed E-state index contributed by atoms with van der Waals surface area (Å²) in [4.78, 5) is 1.41. The molecule has 2 aromatic heterocycles. The lowest BCUT2D eigenvalue weighted by atomic mass is 9.68. The number of allylic oxidation sites excluding steroid dienone is 3. The van der Waals surface area contributed by atoms with Gasteiger partial charge in [0.1, 0.15) is 0 Å². The number of benzene rings is 6. The van der Waals surface area contributed by atoms with Crippen molar-refractivity contribution < 1.29 is 0 Å². The van der Waals surface area contributed by atoms with Crippen molar-refractivity contribution in [3.05, 3.63) is 156 Å². The number of thioether (sulfide) groups is 1. The molecule has 4 aliphatic rings. The Morgan fingerprint density at radius 3 is 2.29 bits per heavy atom. The normalized spacial score (nSPS) is 19.7. The topological polar surface area (TPSA) is 4.93 Å². The van der Waals surface area contributed by atoms with Crippen LogP contribution in [-0.4, -0.2) is 9.82 Å². The number of fused-ring (bicyclic) bond motifs is 14. The summed E-state index contributed by atoms with van der Waals surface area (Å²) in [6.45, 7) is 0. The van der Waals surface area contributed by atoms with Gasteiger partial charge in [0, 0.05) is 58.1 Å². The van der Waals surface area contributed by atoms with Crippen molar-refractivity contribution in [1.82, 2.24) is 4.57 Å². The fourth-order valence-electron chi connectivity index (χ4n) is 10.2. The monoisotopic (exact) mass is 689 g/mol. The maximum atomic E-state index is 2.60. The number of thiophene rings is 1. The molecule has 0 N–H and O–H groups in total. The van der Waals surface area contributed by atoms with Gasteiger partial charge in [-0.3, -0.25) is 0 Å². The number of nitrogens with zero attached hydrogens (tertiary/aromatic N) is 1. The molecule has 6 aromatic carbocycles. The summed E-state index contributed by atoms with van der Waals surface area (Å²) < 4.78 is 5.26. The Morgan fingerprint density at radius 1 is 0.569 bits per heavy atom. The van der Waals surface area contributed by atoms with Crippen LogP contribution in [0.5, 0.6) is 0 Å². The highest BCUT2D eigenvalue weighted by molar-refractivity contribution is 8.00. The van der Waals surface area contributed by atoms with Gasteiger partial charge in [0.2, 0.25) is 0 Å². The standard InChI is InChI=1S/C48H35NS2/c1-8-22-48(23-9-1)40-13-5-2-10-32(40)35-28-47-39(27-41(35)48)37-25-30(17-20-45(37)51-47)29-16-19-43-36(24-29)33-11-3-6-14-42(33)49(43)31-18-21-46-38(26-31)34-12-4-7-15-44(34)50-46/h2-7,10-21,24-28,34,44H,1,8-9,22-23H2. The molecule has 1 fully saturated rings. The van der Waals surface area contributed by atoms with Crippen LogP contribution in [0.2, 0.25) is 0 Å². The van der Waals surface area contributed by atoms with Crippen molar-refractivity contribution in [1.29, 1.82) is 0 Å². The van der Waals surface area contributed by atoms with Crippen molar-refractivity contribution in [2.45, 2.75) is 53.6 Å². The minimum absolute atomic E-state index is 0.174. The van der Waals surface area contributed by atoms with E-state index in [0.29, 0.717) is 11.2 Å². The average Bonchev–Trinajstić information content (AvgIpc) is 3.91. The van der Waals surface area contributed by atoms with Crippen LogP contribution in [0.15, 0.2) is 144 Å². The van der Waals surface area contributed by atoms with Gasteiger partial charge < -0.3 is 4.57 Å². The highest BCUT2D eigenvalue weighted by Gasteiger charge is 2.44. The molecule has 3 heterocycles. The van der Waals surface area contributed by atoms with Crippen molar-refractivity contribution in [2.24, 2.45) is 0 Å². The Kier molecular flexibility index (Phi) is 5.99. The Labute approximate surface area is 305 Å². The van der Waals surface area contributed by atoms with Crippen LogP contribution < -0.4 is 0 Å². The number of hydrogen-bond donors (Lipinski definition) is 0. The average molecular weight is 690 g/mol. The lowest BCUT2D eigenvalue weighted by Gasteiger charge is -2.36. The maximum absolute atomic E-state index is 2.60. The van der Waals surface area contributed by atoms with Gasteiger partial charge in [-0.25, -0.2) is 0 Å². The Hall–Kier alpha value is -4.83. The van der Waals surface area contributed by atoms with Crippen molar-refractivity contribution >= 4 is 65.1 Å². The van der Waals surface area contributed by atoms with Crippen molar-refractivity contribution in [3.8, 4) is 27.9 Å². The lowest BCUT2D eigenvalue weighted by molar-refractivity contribution is 0.353. The molecular weight excluding hydrogens is 655 g/mol. The molecule has 1 saturated carbocycles. The summed E-state index contributed by atoms with van der Waals surface area (Å²) in [5.74, 6) is 0.447. The zero-order chi connectivity index (χ0) is 33.3. The van der Waals surface area contributed by atoms with E-state index in [9.17, 15) is 0 Å². The molecule has 0 bridgehead atoms. The highest BCUT2D eigenvalue weighted by Crippen LogP contribution is 2.57. The summed E-state index contributed by atoms with van der Waals surface area (Å²) >= 11 is 3.95. The van der Waals surface area contributed by atoms with E-state index in [1.165, 1.54) is 112 Å². The minimum Gasteiger partial charge on any atom is -0.309 e. The van der Waals surface area contributed by atoms with Gasteiger partial charge in [0.25, 0.3) is 0 Å². The molecular formula is C48H35NS2. The Morgan fingerprint density at radius 2 is 1.35 bits per heavy atom. The molecule has 3 aliphatic carbocycles. The third kappa shape index (κ3) is 3.99. The number of rotatable bonds is 2. The van der Waals surface area contributed by atoms with Gasteiger partial charge in [-0.2, -0.15) is 0 Å². The molecule has 2 unspecified atom stereocenters. The predicted octanol–water partition coefficient (Wildman–Crippen LogP) is 13.7. The zero-order valence-electron chi connectivity index (χ0n) is 28.2. The van der Waals surface area contributed by atoms with Crippen LogP contribution in [0.3, 0.4) is 0 Å². The third-order valence-electron chi connectivity index (χ3n) is 12.5. The first-order valence-electron chi connectivity index (χ1n) is 18.5. The van der Waals surface area contributed by atoms with Gasteiger partial charge in [-0.15, -0.1) is 23.1 Å². The van der Waals surface area contributed by atoms with Crippen molar-refractivity contribution in [2.75, 3.05) is 0 Å². The Bertz CT molecular complexity index is 2840. The van der Waals surface area contributed by atoms with Gasteiger partial charge in [-0.1, -0.05) is 98.2 Å². The summed E-state index contributed by atoms with van der Waals surface area (Å²) in [6.07, 6.45) is 15.7. The molecule has 1 aliphatic heterocycles. The molecule has 12 rings (SSSR count). The first kappa shape index (κ1) is 28.8. The fourth-order valence-corrected chi connectivity index (χ4v) is 12.6. The van der Waals surface area contributed by atoms with E-state index in [1.807, 2.05) is 23.1 Å². The second-order valence-electron chi connectivity index (χ2n) is 15.1. The van der Waals surface area contributed by atoms with E-state index in [1.54, 1.807) is 11.1 Å². The molecule has 1 spiro atoms. The number of para-hydroxylation sites is 1. The van der Waals surface area contributed by atoms with Crippen LogP contribution in [0.1, 0.15) is 54.7 Å². The van der Waals surface area contributed by atoms with Crippen LogP contribution in [0, 0.1) is 0 Å². The van der Waals surface area contributed by atoms with E-state index in [4.69, 9.17) is 0 Å². The molecule has 1 nitrogen and oxygen atoms in total. The fraction of sp³-hybridized carbons (Fsp3) is 0.167. The van der Waals surface area contributed by atoms with Gasteiger partial charge >= 0.3 is 0 Å². The number of aromatic nitrogens is 1. The SMILES string of the molecule is C1=CC2Sc3ccc(-n4c5ccccc5c5cc(-c6ccc7sc8cc9c(cc8c7c6)C6(CCCCC6)c6ccccc6-9)ccc54)cc3C2C=C1. The van der Waals surface area contributed by atoms with Crippen LogP contribution in [-0.2, 0) is 5.41 Å². The second kappa shape index (κ2) is 10.6. The van der Waals surface area contributed by atoms with E-state index in [0.717, 1.165) is 0 Å². The van der Waals surface area contributed by atoms with Crippen LogP contribution in [0.4, 0.5) is 0 Å². The van der Waals surface area contributed by atoms with Gasteiger partial charge in [0.05, 0.1) is 11.0 Å². The van der Waals surface area contributed by atoms with Crippen LogP contribution in [0.25, 0.3) is 69.9 Å². The summed E-state index contributed by atoms with van der Waals surface area (Å²) in [6, 6.07) is 44.7. The quantitative estimate of drug-likeness (QED) is 0.175. The van der Waals surface area contributed by atoms with Gasteiger partial charge in [-0.05, 0) is 112 Å². The molecule has 244 valence electrons. The Balaban J connectivity index is 1.00. The zero-order valence-corrected chi connectivity index (χ0v) is 29.9. The molecule has 0 saturated heterocycles. The molecule has 3 heteroatoms. The summed E-state index contributed by atoms with van der Waals surface area (Å²) in [5.41, 5.74) is 14.0. The highest BCUT2D eigenvalue weighted by atomic mass is 32.2. The first-order chi connectivity index (χ1) is 25.2.